The number of hydrogen-bond acceptors (Lipinski definition) is 4. The van der Waals surface area contributed by atoms with E-state index in [1.807, 2.05) is 0 Å². The van der Waals surface area contributed by atoms with Gasteiger partial charge in [0, 0.05) is 15.6 Å². The molecule has 0 atom stereocenters. The molecule has 0 aliphatic rings. The molecular weight excluding hydrogens is 418 g/mol. The minimum atomic E-state index is -0.451. The van der Waals surface area contributed by atoms with Crippen LogP contribution in [0.2, 0.25) is 10.0 Å². The number of aromatic nitrogens is 5. The number of nitrogens with zero attached hydrogens (tertiary/aromatic N) is 4. The molecule has 0 saturated carbocycles. The molecule has 29 heavy (non-hydrogen) atoms. The third kappa shape index (κ3) is 4.44. The molecule has 2 aromatic carbocycles. The number of halogens is 3. The predicted molar refractivity (Wildman–Crippen MR) is 108 cm³/mol. The van der Waals surface area contributed by atoms with Crippen LogP contribution in [0.25, 0.3) is 11.3 Å². The second-order valence-electron chi connectivity index (χ2n) is 6.13. The molecule has 0 aliphatic carbocycles. The summed E-state index contributed by atoms with van der Waals surface area (Å²) in [5, 5.41) is 14.6. The van der Waals surface area contributed by atoms with Gasteiger partial charge in [0.2, 0.25) is 5.95 Å². The van der Waals surface area contributed by atoms with Crippen molar-refractivity contribution in [1.82, 2.24) is 25.0 Å². The highest BCUT2D eigenvalue weighted by molar-refractivity contribution is 6.35. The van der Waals surface area contributed by atoms with Crippen LogP contribution in [0.1, 0.15) is 16.1 Å². The molecule has 0 bridgehead atoms. The molecule has 4 rings (SSSR count). The molecule has 2 aromatic heterocycles. The highest BCUT2D eigenvalue weighted by atomic mass is 35.5. The van der Waals surface area contributed by atoms with E-state index in [0.717, 1.165) is 5.56 Å². The molecule has 2 heterocycles. The predicted octanol–water partition coefficient (Wildman–Crippen LogP) is 4.41. The van der Waals surface area contributed by atoms with Gasteiger partial charge >= 0.3 is 0 Å². The molecule has 0 radical (unpaired) electrons. The van der Waals surface area contributed by atoms with Gasteiger partial charge in [-0.25, -0.2) is 14.1 Å². The number of nitrogens with one attached hydrogen (secondary N) is 2. The van der Waals surface area contributed by atoms with Crippen LogP contribution in [-0.2, 0) is 6.54 Å². The van der Waals surface area contributed by atoms with Gasteiger partial charge in [-0.15, -0.1) is 5.10 Å². The van der Waals surface area contributed by atoms with Crippen molar-refractivity contribution in [2.45, 2.75) is 6.54 Å². The number of benzene rings is 2. The zero-order chi connectivity index (χ0) is 20.4. The minimum absolute atomic E-state index is 0.137. The molecule has 4 aromatic rings. The maximum Gasteiger partial charge on any atom is 0.276 e. The van der Waals surface area contributed by atoms with Gasteiger partial charge in [-0.2, -0.15) is 5.10 Å². The normalized spacial score (nSPS) is 10.9. The number of rotatable bonds is 5. The number of H-pyrrole nitrogens is 1. The quantitative estimate of drug-likeness (QED) is 0.490. The maximum absolute atomic E-state index is 13.0. The van der Waals surface area contributed by atoms with E-state index < -0.39 is 5.91 Å². The van der Waals surface area contributed by atoms with Gasteiger partial charge in [-0.3, -0.25) is 15.2 Å². The first-order valence-electron chi connectivity index (χ1n) is 8.44. The van der Waals surface area contributed by atoms with Crippen LogP contribution in [0.4, 0.5) is 10.3 Å². The fraction of sp³-hybridized carbons (Fsp3) is 0.0526. The number of carbonyl (C=O) groups is 1. The third-order valence-electron chi connectivity index (χ3n) is 4.07. The Morgan fingerprint density at radius 3 is 2.69 bits per heavy atom. The van der Waals surface area contributed by atoms with Crippen molar-refractivity contribution in [2.24, 2.45) is 0 Å². The molecular formula is C19H13Cl2FN6O. The second-order valence-corrected chi connectivity index (χ2v) is 6.97. The molecule has 0 spiro atoms. The van der Waals surface area contributed by atoms with Gasteiger partial charge in [0.15, 0.2) is 0 Å². The Labute approximate surface area is 174 Å². The lowest BCUT2D eigenvalue weighted by Gasteiger charge is -2.04. The molecule has 2 N–H and O–H groups in total. The summed E-state index contributed by atoms with van der Waals surface area (Å²) >= 11 is 12.1. The average Bonchev–Trinajstić information content (AvgIpc) is 3.34. The molecule has 0 aliphatic heterocycles. The standard InChI is InChI=1S/C19H13Cl2FN6O/c20-13-4-1-12(15(21)7-13)9-28-10-23-19(27-28)24-18(29)17-8-16(25-26-17)11-2-5-14(22)6-3-11/h1-8,10H,9H2,(H,25,26)(H,24,27,29). The number of amides is 1. The summed E-state index contributed by atoms with van der Waals surface area (Å²) in [4.78, 5) is 16.5. The molecule has 0 unspecified atom stereocenters. The van der Waals surface area contributed by atoms with Gasteiger partial charge in [-0.1, -0.05) is 29.3 Å². The first-order valence-corrected chi connectivity index (χ1v) is 9.19. The minimum Gasteiger partial charge on any atom is -0.288 e. The largest absolute Gasteiger partial charge is 0.288 e. The van der Waals surface area contributed by atoms with Crippen LogP contribution in [0.5, 0.6) is 0 Å². The Morgan fingerprint density at radius 2 is 1.93 bits per heavy atom. The van der Waals surface area contributed by atoms with Crippen molar-refractivity contribution >= 4 is 35.1 Å². The molecule has 1 amide bonds. The topological polar surface area (TPSA) is 88.5 Å². The van der Waals surface area contributed by atoms with Crippen LogP contribution >= 0.6 is 23.2 Å². The summed E-state index contributed by atoms with van der Waals surface area (Å²) in [7, 11) is 0. The highest BCUT2D eigenvalue weighted by Gasteiger charge is 2.14. The lowest BCUT2D eigenvalue weighted by molar-refractivity contribution is 0.102. The van der Waals surface area contributed by atoms with E-state index in [1.165, 1.54) is 18.5 Å². The van der Waals surface area contributed by atoms with E-state index in [4.69, 9.17) is 23.2 Å². The monoisotopic (exact) mass is 430 g/mol. The number of anilines is 1. The Balaban J connectivity index is 1.43. The fourth-order valence-corrected chi connectivity index (χ4v) is 3.10. The number of aromatic amines is 1. The first kappa shape index (κ1) is 19.1. The molecule has 7 nitrogen and oxygen atoms in total. The van der Waals surface area contributed by atoms with E-state index in [-0.39, 0.29) is 17.5 Å². The molecule has 10 heteroatoms. The SMILES string of the molecule is O=C(Nc1ncn(Cc2ccc(Cl)cc2Cl)n1)c1cc(-c2ccc(F)cc2)n[nH]1. The Bertz CT molecular complexity index is 1170. The Hall–Kier alpha value is -3.23. The summed E-state index contributed by atoms with van der Waals surface area (Å²) in [5.41, 5.74) is 2.24. The van der Waals surface area contributed by atoms with Gasteiger partial charge < -0.3 is 0 Å². The Morgan fingerprint density at radius 1 is 1.14 bits per heavy atom. The summed E-state index contributed by atoms with van der Waals surface area (Å²) in [6.45, 7) is 0.373. The summed E-state index contributed by atoms with van der Waals surface area (Å²) < 4.78 is 14.6. The van der Waals surface area contributed by atoms with Crippen LogP contribution < -0.4 is 5.32 Å². The van der Waals surface area contributed by atoms with Gasteiger partial charge in [0.05, 0.1) is 12.2 Å². The zero-order valence-corrected chi connectivity index (χ0v) is 16.2. The van der Waals surface area contributed by atoms with E-state index in [0.29, 0.717) is 27.8 Å². The summed E-state index contributed by atoms with van der Waals surface area (Å²) in [6.07, 6.45) is 1.48. The Kier molecular flexibility index (Phi) is 5.28. The van der Waals surface area contributed by atoms with Crippen molar-refractivity contribution in [1.29, 1.82) is 0 Å². The van der Waals surface area contributed by atoms with E-state index in [9.17, 15) is 9.18 Å². The summed E-state index contributed by atoms with van der Waals surface area (Å²) in [6, 6.07) is 12.6. The smallest absolute Gasteiger partial charge is 0.276 e. The first-order chi connectivity index (χ1) is 14.0. The molecule has 0 saturated heterocycles. The maximum atomic E-state index is 13.0. The van der Waals surface area contributed by atoms with Crippen LogP contribution in [0.3, 0.4) is 0 Å². The van der Waals surface area contributed by atoms with Crippen molar-refractivity contribution in [3.05, 3.63) is 82.0 Å². The van der Waals surface area contributed by atoms with E-state index in [1.54, 1.807) is 41.1 Å². The zero-order valence-electron chi connectivity index (χ0n) is 14.7. The highest BCUT2D eigenvalue weighted by Crippen LogP contribution is 2.22. The third-order valence-corrected chi connectivity index (χ3v) is 4.66. The van der Waals surface area contributed by atoms with Gasteiger partial charge in [0.1, 0.15) is 17.8 Å². The number of hydrogen-bond donors (Lipinski definition) is 2. The van der Waals surface area contributed by atoms with Crippen molar-refractivity contribution in [3.8, 4) is 11.3 Å². The number of carbonyl (C=O) groups excluding carboxylic acids is 1. The summed E-state index contributed by atoms with van der Waals surface area (Å²) in [5.74, 6) is -0.657. The fourth-order valence-electron chi connectivity index (χ4n) is 2.63. The van der Waals surface area contributed by atoms with E-state index >= 15 is 0 Å². The van der Waals surface area contributed by atoms with Crippen molar-refractivity contribution in [3.63, 3.8) is 0 Å². The van der Waals surface area contributed by atoms with Gasteiger partial charge in [-0.05, 0) is 48.0 Å². The van der Waals surface area contributed by atoms with E-state index in [2.05, 4.69) is 25.6 Å². The lowest BCUT2D eigenvalue weighted by atomic mass is 10.1. The lowest BCUT2D eigenvalue weighted by Crippen LogP contribution is -2.14. The van der Waals surface area contributed by atoms with Crippen LogP contribution in [0.15, 0.2) is 54.9 Å². The molecule has 0 fully saturated rings. The average molecular weight is 431 g/mol. The van der Waals surface area contributed by atoms with Gasteiger partial charge in [0.25, 0.3) is 5.91 Å². The second kappa shape index (κ2) is 8.02. The molecule has 146 valence electrons. The van der Waals surface area contributed by atoms with Crippen LogP contribution in [0, 0.1) is 5.82 Å². The van der Waals surface area contributed by atoms with Crippen molar-refractivity contribution < 1.29 is 9.18 Å². The van der Waals surface area contributed by atoms with Crippen LogP contribution in [-0.4, -0.2) is 30.9 Å². The van der Waals surface area contributed by atoms with Crippen molar-refractivity contribution in [2.75, 3.05) is 5.32 Å².